The highest BCUT2D eigenvalue weighted by molar-refractivity contribution is 6.39. The summed E-state index contributed by atoms with van der Waals surface area (Å²) in [5, 5.41) is 21.8. The van der Waals surface area contributed by atoms with Crippen LogP contribution in [0.1, 0.15) is 30.1 Å². The highest BCUT2D eigenvalue weighted by Gasteiger charge is 2.38. The Morgan fingerprint density at radius 2 is 2.24 bits per heavy atom. The molecule has 11 heteroatoms. The van der Waals surface area contributed by atoms with Gasteiger partial charge in [-0.2, -0.15) is 0 Å². The fourth-order valence-corrected chi connectivity index (χ4v) is 4.52. The molecule has 0 spiro atoms. The summed E-state index contributed by atoms with van der Waals surface area (Å²) in [6.07, 6.45) is 3.18. The van der Waals surface area contributed by atoms with Crippen LogP contribution in [-0.4, -0.2) is 77.3 Å². The van der Waals surface area contributed by atoms with E-state index in [1.807, 2.05) is 11.8 Å². The minimum atomic E-state index is -0.670. The number of amides is 1. The van der Waals surface area contributed by atoms with Gasteiger partial charge in [-0.15, -0.1) is 0 Å². The van der Waals surface area contributed by atoms with Crippen molar-refractivity contribution in [3.05, 3.63) is 52.2 Å². The van der Waals surface area contributed by atoms with Crippen molar-refractivity contribution in [2.24, 2.45) is 10.7 Å². The molecule has 4 rings (SSSR count). The van der Waals surface area contributed by atoms with Gasteiger partial charge in [0.2, 0.25) is 0 Å². The lowest BCUT2D eigenvalue weighted by Crippen LogP contribution is -2.46. The number of benzene rings is 1. The van der Waals surface area contributed by atoms with Crippen LogP contribution in [0.25, 0.3) is 0 Å². The van der Waals surface area contributed by atoms with E-state index in [1.165, 1.54) is 29.3 Å². The first-order valence-corrected chi connectivity index (χ1v) is 11.5. The summed E-state index contributed by atoms with van der Waals surface area (Å²) in [5.74, 6) is -0.321. The molecule has 3 aliphatic rings. The summed E-state index contributed by atoms with van der Waals surface area (Å²) in [6, 6.07) is 3.63. The van der Waals surface area contributed by atoms with Crippen LogP contribution in [-0.2, 0) is 0 Å². The van der Waals surface area contributed by atoms with E-state index >= 15 is 0 Å². The average Bonchev–Trinajstić information content (AvgIpc) is 3.33. The van der Waals surface area contributed by atoms with Gasteiger partial charge in [0, 0.05) is 30.1 Å². The Morgan fingerprint density at radius 3 is 2.94 bits per heavy atom. The summed E-state index contributed by atoms with van der Waals surface area (Å²) in [4.78, 5) is 21.0. The van der Waals surface area contributed by atoms with Gasteiger partial charge in [0.25, 0.3) is 5.91 Å². The Hall–Kier alpha value is -2.79. The fourth-order valence-electron chi connectivity index (χ4n) is 4.41. The molecular formula is C23H28ClFN6O3. The molecule has 0 aromatic heterocycles. The molecule has 2 fully saturated rings. The van der Waals surface area contributed by atoms with E-state index in [1.54, 1.807) is 6.20 Å². The van der Waals surface area contributed by atoms with Crippen molar-refractivity contribution < 1.29 is 19.0 Å². The Morgan fingerprint density at radius 1 is 1.44 bits per heavy atom. The summed E-state index contributed by atoms with van der Waals surface area (Å²) in [7, 11) is 0. The molecule has 182 valence electrons. The number of aliphatic imine (C=N–C) groups is 1. The monoisotopic (exact) mass is 490 g/mol. The number of carbonyl (C=O) groups is 1. The SMILES string of the molecule is CCCN1C(COc2cc(F)ccc2C(=O)N2CC(=N)/C(=C3/N=CC(Cl)=CN3)C2)CC(O)[C@H]1N. The molecular weight excluding hydrogens is 463 g/mol. The number of nitrogens with zero attached hydrogens (tertiary/aromatic N) is 3. The third-order valence-electron chi connectivity index (χ3n) is 6.15. The maximum Gasteiger partial charge on any atom is 0.258 e. The Labute approximate surface area is 202 Å². The number of nitrogens with two attached hydrogens (primary N) is 1. The number of ether oxygens (including phenoxy) is 1. The standard InChI is InChI=1S/C23H28ClFN6O3/c1-2-5-31-15(7-19(32)21(31)27)12-34-20-6-14(25)3-4-16(20)23(33)30-10-17(18(26)11-30)22-28-8-13(24)9-29-22/h3-4,6,8-9,15,19,21,26,28,32H,2,5,7,10-12,27H2,1H3/b22-17+,26-18?/t15?,19?,21-/m0/s1. The van der Waals surface area contributed by atoms with Crippen molar-refractivity contribution >= 4 is 29.4 Å². The van der Waals surface area contributed by atoms with Crippen molar-refractivity contribution in [1.29, 1.82) is 5.41 Å². The normalized spacial score (nSPS) is 27.2. The summed E-state index contributed by atoms with van der Waals surface area (Å²) < 4.78 is 20.0. The number of halogens is 2. The quantitative estimate of drug-likeness (QED) is 0.481. The number of aliphatic hydroxyl groups is 1. The summed E-state index contributed by atoms with van der Waals surface area (Å²) in [6.45, 7) is 3.15. The molecule has 0 radical (unpaired) electrons. The molecule has 1 aromatic carbocycles. The average molecular weight is 491 g/mol. The first-order valence-electron chi connectivity index (χ1n) is 11.2. The van der Waals surface area contributed by atoms with Crippen molar-refractivity contribution in [3.63, 3.8) is 0 Å². The minimum absolute atomic E-state index is 0.0943. The molecule has 3 aliphatic heterocycles. The van der Waals surface area contributed by atoms with Gasteiger partial charge in [0.05, 0.1) is 41.7 Å². The third-order valence-corrected chi connectivity index (χ3v) is 6.35. The lowest BCUT2D eigenvalue weighted by molar-refractivity contribution is 0.0795. The van der Waals surface area contributed by atoms with Crippen LogP contribution >= 0.6 is 11.6 Å². The van der Waals surface area contributed by atoms with E-state index in [9.17, 15) is 14.3 Å². The van der Waals surface area contributed by atoms with Crippen molar-refractivity contribution in [2.45, 2.75) is 38.1 Å². The van der Waals surface area contributed by atoms with Crippen LogP contribution in [0.3, 0.4) is 0 Å². The van der Waals surface area contributed by atoms with Gasteiger partial charge in [-0.25, -0.2) is 9.38 Å². The lowest BCUT2D eigenvalue weighted by Gasteiger charge is -2.28. The van der Waals surface area contributed by atoms with Gasteiger partial charge in [-0.1, -0.05) is 18.5 Å². The molecule has 2 unspecified atom stereocenters. The van der Waals surface area contributed by atoms with E-state index in [4.69, 9.17) is 27.5 Å². The molecule has 1 aromatic rings. The zero-order valence-electron chi connectivity index (χ0n) is 18.8. The van der Waals surface area contributed by atoms with Gasteiger partial charge in [-0.05, 0) is 31.5 Å². The topological polar surface area (TPSA) is 127 Å². The highest BCUT2D eigenvalue weighted by Crippen LogP contribution is 2.28. The first-order chi connectivity index (χ1) is 16.3. The maximum atomic E-state index is 14.1. The number of allylic oxidation sites excluding steroid dienone is 1. The van der Waals surface area contributed by atoms with E-state index in [0.717, 1.165) is 6.42 Å². The van der Waals surface area contributed by atoms with Crippen LogP contribution in [0.5, 0.6) is 5.75 Å². The van der Waals surface area contributed by atoms with Crippen molar-refractivity contribution in [3.8, 4) is 5.75 Å². The zero-order chi connectivity index (χ0) is 24.4. The van der Waals surface area contributed by atoms with Crippen LogP contribution in [0.15, 0.2) is 45.8 Å². The van der Waals surface area contributed by atoms with Crippen molar-refractivity contribution in [1.82, 2.24) is 15.1 Å². The van der Waals surface area contributed by atoms with E-state index in [2.05, 4.69) is 10.3 Å². The van der Waals surface area contributed by atoms with E-state index in [0.29, 0.717) is 29.4 Å². The number of hydrogen-bond acceptors (Lipinski definition) is 8. The van der Waals surface area contributed by atoms with E-state index in [-0.39, 0.29) is 48.7 Å². The molecule has 0 bridgehead atoms. The molecule has 1 amide bonds. The maximum absolute atomic E-state index is 14.1. The second-order valence-corrected chi connectivity index (χ2v) is 8.97. The molecule has 34 heavy (non-hydrogen) atoms. The predicted molar refractivity (Wildman–Crippen MR) is 127 cm³/mol. The second-order valence-electron chi connectivity index (χ2n) is 8.54. The molecule has 9 nitrogen and oxygen atoms in total. The first kappa shape index (κ1) is 24.3. The van der Waals surface area contributed by atoms with Gasteiger partial charge < -0.3 is 31.2 Å². The molecule has 5 N–H and O–H groups in total. The smallest absolute Gasteiger partial charge is 0.258 e. The molecule has 3 heterocycles. The summed E-state index contributed by atoms with van der Waals surface area (Å²) in [5.41, 5.74) is 7.14. The number of nitrogens with one attached hydrogen (secondary N) is 2. The summed E-state index contributed by atoms with van der Waals surface area (Å²) >= 11 is 5.87. The van der Waals surface area contributed by atoms with Crippen LogP contribution < -0.4 is 15.8 Å². The predicted octanol–water partition coefficient (Wildman–Crippen LogP) is 1.78. The Balaban J connectivity index is 1.50. The third kappa shape index (κ3) is 5.00. The molecule has 0 aliphatic carbocycles. The number of carbonyl (C=O) groups excluding carboxylic acids is 1. The van der Waals surface area contributed by atoms with E-state index < -0.39 is 18.1 Å². The minimum Gasteiger partial charge on any atom is -0.491 e. The van der Waals surface area contributed by atoms with Gasteiger partial charge in [0.1, 0.15) is 24.0 Å². The highest BCUT2D eigenvalue weighted by atomic mass is 35.5. The fraction of sp³-hybridized carbons (Fsp3) is 0.435. The second kappa shape index (κ2) is 10.2. The number of rotatable bonds is 6. The zero-order valence-corrected chi connectivity index (χ0v) is 19.6. The van der Waals surface area contributed by atoms with Crippen molar-refractivity contribution in [2.75, 3.05) is 26.2 Å². The van der Waals surface area contributed by atoms with Crippen LogP contribution in [0.4, 0.5) is 4.39 Å². The number of aliphatic hydroxyl groups excluding tert-OH is 1. The van der Waals surface area contributed by atoms with Crippen LogP contribution in [0.2, 0.25) is 0 Å². The Kier molecular flexibility index (Phi) is 7.32. The number of hydrogen-bond donors (Lipinski definition) is 4. The van der Waals surface area contributed by atoms with Crippen LogP contribution in [0, 0.1) is 11.2 Å². The molecule has 0 saturated carbocycles. The molecule has 3 atom stereocenters. The Bertz CT molecular complexity index is 1070. The lowest BCUT2D eigenvalue weighted by atomic mass is 10.1. The van der Waals surface area contributed by atoms with Gasteiger partial charge >= 0.3 is 0 Å². The number of likely N-dealkylation sites (tertiary alicyclic amines) is 2. The molecule has 2 saturated heterocycles. The largest absolute Gasteiger partial charge is 0.491 e. The van der Waals surface area contributed by atoms with Gasteiger partial charge in [-0.3, -0.25) is 9.69 Å². The van der Waals surface area contributed by atoms with Gasteiger partial charge in [0.15, 0.2) is 0 Å².